The standard InChI is InChI=1S/C16H17N3O5S/c1-24-13(20)7-6-12-9-25-16(18-12)19-15(23)17-8-10-2-4-11(5-3-10)14(21)22/h2-5,9H,6-8H2,1H3,(H,21,22)(H2,17,18,19,23). The molecule has 0 radical (unpaired) electrons. The number of benzene rings is 1. The zero-order chi connectivity index (χ0) is 18.2. The van der Waals surface area contributed by atoms with Crippen LogP contribution in [0.3, 0.4) is 0 Å². The van der Waals surface area contributed by atoms with Gasteiger partial charge in [-0.15, -0.1) is 11.3 Å². The second kappa shape index (κ2) is 8.78. The number of aryl methyl sites for hydroxylation is 1. The molecule has 0 aliphatic carbocycles. The molecule has 0 fully saturated rings. The summed E-state index contributed by atoms with van der Waals surface area (Å²) in [6.45, 7) is 0.256. The van der Waals surface area contributed by atoms with E-state index in [2.05, 4.69) is 20.4 Å². The normalized spacial score (nSPS) is 10.1. The summed E-state index contributed by atoms with van der Waals surface area (Å²) >= 11 is 1.26. The SMILES string of the molecule is COC(=O)CCc1csc(NC(=O)NCc2ccc(C(=O)O)cc2)n1. The van der Waals surface area contributed by atoms with E-state index in [-0.39, 0.29) is 24.5 Å². The summed E-state index contributed by atoms with van der Waals surface area (Å²) < 4.78 is 4.56. The van der Waals surface area contributed by atoms with Crippen LogP contribution in [0.2, 0.25) is 0 Å². The van der Waals surface area contributed by atoms with E-state index >= 15 is 0 Å². The minimum atomic E-state index is -0.996. The molecule has 1 aromatic carbocycles. The monoisotopic (exact) mass is 363 g/mol. The molecule has 1 heterocycles. The van der Waals surface area contributed by atoms with Crippen LogP contribution >= 0.6 is 11.3 Å². The Bertz CT molecular complexity index is 757. The number of nitrogens with zero attached hydrogens (tertiary/aromatic N) is 1. The number of aromatic carboxylic acids is 1. The van der Waals surface area contributed by atoms with Crippen molar-refractivity contribution in [3.63, 3.8) is 0 Å². The summed E-state index contributed by atoms with van der Waals surface area (Å²) in [7, 11) is 1.33. The average molecular weight is 363 g/mol. The quantitative estimate of drug-likeness (QED) is 0.650. The first-order valence-electron chi connectivity index (χ1n) is 7.36. The molecule has 3 N–H and O–H groups in total. The molecule has 0 saturated heterocycles. The third-order valence-corrected chi connectivity index (χ3v) is 4.05. The van der Waals surface area contributed by atoms with Crippen molar-refractivity contribution in [2.24, 2.45) is 0 Å². The second-order valence-corrected chi connectivity index (χ2v) is 5.89. The van der Waals surface area contributed by atoms with Crippen molar-refractivity contribution in [2.45, 2.75) is 19.4 Å². The fourth-order valence-corrected chi connectivity index (χ4v) is 2.64. The zero-order valence-corrected chi connectivity index (χ0v) is 14.3. The lowest BCUT2D eigenvalue weighted by molar-refractivity contribution is -0.140. The Morgan fingerprint density at radius 3 is 2.60 bits per heavy atom. The van der Waals surface area contributed by atoms with Gasteiger partial charge in [-0.25, -0.2) is 14.6 Å². The van der Waals surface area contributed by atoms with Crippen molar-refractivity contribution >= 4 is 34.4 Å². The van der Waals surface area contributed by atoms with Gasteiger partial charge in [-0.3, -0.25) is 10.1 Å². The first kappa shape index (κ1) is 18.4. The van der Waals surface area contributed by atoms with Crippen LogP contribution < -0.4 is 10.6 Å². The number of hydrogen-bond donors (Lipinski definition) is 3. The number of ether oxygens (including phenoxy) is 1. The molecule has 0 saturated carbocycles. The number of esters is 1. The number of anilines is 1. The minimum absolute atomic E-state index is 0.190. The zero-order valence-electron chi connectivity index (χ0n) is 13.4. The predicted octanol–water partition coefficient (Wildman–Crippen LogP) is 2.27. The molecule has 1 aromatic heterocycles. The molecule has 0 spiro atoms. The van der Waals surface area contributed by atoms with Crippen molar-refractivity contribution in [1.82, 2.24) is 10.3 Å². The molecular formula is C16H17N3O5S. The van der Waals surface area contributed by atoms with Gasteiger partial charge in [0.05, 0.1) is 24.8 Å². The lowest BCUT2D eigenvalue weighted by Crippen LogP contribution is -2.28. The van der Waals surface area contributed by atoms with E-state index in [0.29, 0.717) is 17.2 Å². The highest BCUT2D eigenvalue weighted by Gasteiger charge is 2.09. The Balaban J connectivity index is 1.79. The number of methoxy groups -OCH3 is 1. The lowest BCUT2D eigenvalue weighted by atomic mass is 10.1. The number of carbonyl (C=O) groups is 3. The van der Waals surface area contributed by atoms with Crippen LogP contribution in [-0.4, -0.2) is 35.2 Å². The number of nitrogens with one attached hydrogen (secondary N) is 2. The second-order valence-electron chi connectivity index (χ2n) is 5.03. The summed E-state index contributed by atoms with van der Waals surface area (Å²) in [5.41, 5.74) is 1.67. The number of amides is 2. The summed E-state index contributed by atoms with van der Waals surface area (Å²) in [4.78, 5) is 37.9. The highest BCUT2D eigenvalue weighted by Crippen LogP contribution is 2.16. The molecule has 0 bridgehead atoms. The van der Waals surface area contributed by atoms with E-state index in [0.717, 1.165) is 5.56 Å². The number of carboxylic acids is 1. The Morgan fingerprint density at radius 2 is 1.96 bits per heavy atom. The van der Waals surface area contributed by atoms with Crippen molar-refractivity contribution in [3.8, 4) is 0 Å². The van der Waals surface area contributed by atoms with E-state index in [4.69, 9.17) is 5.11 Å². The van der Waals surface area contributed by atoms with Gasteiger partial charge in [0.1, 0.15) is 0 Å². The number of thiazole rings is 1. The molecule has 8 nitrogen and oxygen atoms in total. The average Bonchev–Trinajstić information content (AvgIpc) is 3.05. The van der Waals surface area contributed by atoms with Gasteiger partial charge in [0, 0.05) is 18.3 Å². The van der Waals surface area contributed by atoms with Gasteiger partial charge in [0.15, 0.2) is 5.13 Å². The number of carboxylic acid groups (broad SMARTS) is 1. The Kier molecular flexibility index (Phi) is 6.47. The molecule has 132 valence electrons. The maximum atomic E-state index is 11.9. The summed E-state index contributed by atoms with van der Waals surface area (Å²) in [6, 6.07) is 5.81. The summed E-state index contributed by atoms with van der Waals surface area (Å²) in [5, 5.41) is 16.3. The van der Waals surface area contributed by atoms with Crippen LogP contribution in [0.15, 0.2) is 29.6 Å². The Labute approximate surface area is 147 Å². The topological polar surface area (TPSA) is 118 Å². The van der Waals surface area contributed by atoms with Crippen LogP contribution in [0.5, 0.6) is 0 Å². The molecule has 2 aromatic rings. The number of urea groups is 1. The molecule has 25 heavy (non-hydrogen) atoms. The molecule has 0 unspecified atom stereocenters. The maximum absolute atomic E-state index is 11.9. The molecule has 2 amide bonds. The maximum Gasteiger partial charge on any atom is 0.335 e. The highest BCUT2D eigenvalue weighted by molar-refractivity contribution is 7.13. The number of rotatable bonds is 7. The highest BCUT2D eigenvalue weighted by atomic mass is 32.1. The Hall–Kier alpha value is -2.94. The van der Waals surface area contributed by atoms with E-state index in [1.807, 2.05) is 0 Å². The molecule has 9 heteroatoms. The minimum Gasteiger partial charge on any atom is -0.478 e. The van der Waals surface area contributed by atoms with Gasteiger partial charge in [0.2, 0.25) is 0 Å². The van der Waals surface area contributed by atoms with Gasteiger partial charge in [-0.1, -0.05) is 12.1 Å². The van der Waals surface area contributed by atoms with Crippen LogP contribution in [-0.2, 0) is 22.5 Å². The first-order chi connectivity index (χ1) is 12.0. The third kappa shape index (κ3) is 5.88. The fourth-order valence-electron chi connectivity index (χ4n) is 1.90. The number of hydrogen-bond acceptors (Lipinski definition) is 6. The molecule has 0 atom stereocenters. The Morgan fingerprint density at radius 1 is 1.24 bits per heavy atom. The van der Waals surface area contributed by atoms with Crippen molar-refractivity contribution in [2.75, 3.05) is 12.4 Å². The van der Waals surface area contributed by atoms with Gasteiger partial charge in [0.25, 0.3) is 0 Å². The van der Waals surface area contributed by atoms with Crippen LogP contribution in [0.1, 0.15) is 28.0 Å². The van der Waals surface area contributed by atoms with Crippen molar-refractivity contribution in [1.29, 1.82) is 0 Å². The van der Waals surface area contributed by atoms with Crippen LogP contribution in [0, 0.1) is 0 Å². The first-order valence-corrected chi connectivity index (χ1v) is 8.24. The largest absolute Gasteiger partial charge is 0.478 e. The van der Waals surface area contributed by atoms with Crippen LogP contribution in [0.25, 0.3) is 0 Å². The third-order valence-electron chi connectivity index (χ3n) is 3.24. The van der Waals surface area contributed by atoms with Crippen LogP contribution in [0.4, 0.5) is 9.93 Å². The summed E-state index contributed by atoms with van der Waals surface area (Å²) in [6.07, 6.45) is 0.681. The molecule has 0 aliphatic heterocycles. The van der Waals surface area contributed by atoms with Crippen molar-refractivity contribution < 1.29 is 24.2 Å². The van der Waals surface area contributed by atoms with Gasteiger partial charge in [-0.05, 0) is 17.7 Å². The molecule has 0 aliphatic rings. The number of aromatic nitrogens is 1. The summed E-state index contributed by atoms with van der Waals surface area (Å²) in [5.74, 6) is -1.31. The predicted molar refractivity (Wildman–Crippen MR) is 91.7 cm³/mol. The van der Waals surface area contributed by atoms with Gasteiger partial charge < -0.3 is 15.2 Å². The van der Waals surface area contributed by atoms with Crippen molar-refractivity contribution in [3.05, 3.63) is 46.5 Å². The van der Waals surface area contributed by atoms with Gasteiger partial charge >= 0.3 is 18.0 Å². The van der Waals surface area contributed by atoms with E-state index in [9.17, 15) is 14.4 Å². The molecule has 2 rings (SSSR count). The fraction of sp³-hybridized carbons (Fsp3) is 0.250. The lowest BCUT2D eigenvalue weighted by Gasteiger charge is -2.06. The van der Waals surface area contributed by atoms with E-state index in [1.54, 1.807) is 17.5 Å². The molecular weight excluding hydrogens is 346 g/mol. The van der Waals surface area contributed by atoms with Gasteiger partial charge in [-0.2, -0.15) is 0 Å². The van der Waals surface area contributed by atoms with E-state index < -0.39 is 12.0 Å². The van der Waals surface area contributed by atoms with E-state index in [1.165, 1.54) is 30.6 Å². The smallest absolute Gasteiger partial charge is 0.335 e. The number of carbonyl (C=O) groups excluding carboxylic acids is 2.